The first-order chi connectivity index (χ1) is 15.1. The Morgan fingerprint density at radius 2 is 1.81 bits per heavy atom. The summed E-state index contributed by atoms with van der Waals surface area (Å²) < 4.78 is 0. The van der Waals surface area contributed by atoms with E-state index in [1.807, 2.05) is 40.6 Å². The van der Waals surface area contributed by atoms with Gasteiger partial charge in [-0.2, -0.15) is 0 Å². The molecule has 0 aliphatic carbocycles. The van der Waals surface area contributed by atoms with Gasteiger partial charge in [-0.15, -0.1) is 11.3 Å². The Labute approximate surface area is 188 Å². The lowest BCUT2D eigenvalue weighted by molar-refractivity contribution is -0.137. The van der Waals surface area contributed by atoms with Crippen molar-refractivity contribution in [1.82, 2.24) is 9.80 Å². The number of anilines is 1. The van der Waals surface area contributed by atoms with E-state index in [2.05, 4.69) is 22.8 Å². The molecule has 0 N–H and O–H groups in total. The van der Waals surface area contributed by atoms with Gasteiger partial charge in [0, 0.05) is 36.1 Å². The van der Waals surface area contributed by atoms with Gasteiger partial charge in [0.25, 0.3) is 0 Å². The number of benzene rings is 1. The van der Waals surface area contributed by atoms with Gasteiger partial charge in [0.1, 0.15) is 0 Å². The summed E-state index contributed by atoms with van der Waals surface area (Å²) in [7, 11) is 0. The molecule has 31 heavy (non-hydrogen) atoms. The van der Waals surface area contributed by atoms with Gasteiger partial charge in [-0.3, -0.25) is 14.5 Å². The summed E-state index contributed by atoms with van der Waals surface area (Å²) in [4.78, 5) is 34.5. The predicted molar refractivity (Wildman–Crippen MR) is 124 cm³/mol. The molecule has 6 heteroatoms. The molecule has 3 aliphatic heterocycles. The van der Waals surface area contributed by atoms with E-state index in [0.717, 1.165) is 30.1 Å². The zero-order chi connectivity index (χ0) is 21.4. The lowest BCUT2D eigenvalue weighted by Gasteiger charge is -2.41. The third-order valence-electron chi connectivity index (χ3n) is 7.19. The smallest absolute Gasteiger partial charge is 0.228 e. The maximum Gasteiger partial charge on any atom is 0.228 e. The SMILES string of the molecule is Cc1ccc(N2C(=O)CCC(C(=O)N3CCC(N4CCCC4)C3)C2c2cccs2)cc1. The van der Waals surface area contributed by atoms with E-state index >= 15 is 0 Å². The van der Waals surface area contributed by atoms with Crippen molar-refractivity contribution in [3.63, 3.8) is 0 Å². The molecule has 5 nitrogen and oxygen atoms in total. The quantitative estimate of drug-likeness (QED) is 0.719. The highest BCUT2D eigenvalue weighted by atomic mass is 32.1. The van der Waals surface area contributed by atoms with Crippen molar-refractivity contribution in [3.8, 4) is 0 Å². The van der Waals surface area contributed by atoms with E-state index in [1.54, 1.807) is 11.3 Å². The Balaban J connectivity index is 1.42. The molecule has 3 atom stereocenters. The fourth-order valence-corrected chi connectivity index (χ4v) is 6.41. The normalized spacial score (nSPS) is 27.3. The number of amides is 2. The van der Waals surface area contributed by atoms with Crippen LogP contribution in [0.2, 0.25) is 0 Å². The second-order valence-corrected chi connectivity index (χ2v) is 10.2. The van der Waals surface area contributed by atoms with Crippen molar-refractivity contribution < 1.29 is 9.59 Å². The van der Waals surface area contributed by atoms with Crippen LogP contribution >= 0.6 is 11.3 Å². The zero-order valence-electron chi connectivity index (χ0n) is 18.2. The minimum atomic E-state index is -0.220. The number of carbonyl (C=O) groups is 2. The average Bonchev–Trinajstić information content (AvgIpc) is 3.56. The molecule has 4 heterocycles. The predicted octanol–water partition coefficient (Wildman–Crippen LogP) is 4.24. The molecular weight excluding hydrogens is 406 g/mol. The van der Waals surface area contributed by atoms with Crippen LogP contribution in [-0.2, 0) is 9.59 Å². The molecule has 1 aromatic heterocycles. The Bertz CT molecular complexity index is 921. The largest absolute Gasteiger partial charge is 0.341 e. The maximum atomic E-state index is 13.8. The fourth-order valence-electron chi connectivity index (χ4n) is 5.53. The topological polar surface area (TPSA) is 43.9 Å². The summed E-state index contributed by atoms with van der Waals surface area (Å²) in [6, 6.07) is 12.5. The highest BCUT2D eigenvalue weighted by Crippen LogP contribution is 2.42. The molecule has 0 radical (unpaired) electrons. The van der Waals surface area contributed by atoms with Crippen LogP contribution in [0.5, 0.6) is 0 Å². The lowest BCUT2D eigenvalue weighted by Crippen LogP contribution is -2.49. The molecular formula is C25H31N3O2S. The fraction of sp³-hybridized carbons (Fsp3) is 0.520. The Morgan fingerprint density at radius 3 is 2.52 bits per heavy atom. The van der Waals surface area contributed by atoms with Crippen LogP contribution in [0.25, 0.3) is 0 Å². The second-order valence-electron chi connectivity index (χ2n) is 9.17. The summed E-state index contributed by atoms with van der Waals surface area (Å²) in [6.45, 7) is 6.07. The highest BCUT2D eigenvalue weighted by molar-refractivity contribution is 7.10. The molecule has 2 aromatic rings. The second kappa shape index (κ2) is 8.75. The first-order valence-corrected chi connectivity index (χ1v) is 12.4. The number of aryl methyl sites for hydroxylation is 1. The van der Waals surface area contributed by atoms with Gasteiger partial charge in [-0.25, -0.2) is 0 Å². The third kappa shape index (κ3) is 4.03. The summed E-state index contributed by atoms with van der Waals surface area (Å²) in [5.74, 6) is 0.155. The van der Waals surface area contributed by atoms with E-state index in [1.165, 1.54) is 31.5 Å². The summed E-state index contributed by atoms with van der Waals surface area (Å²) in [5, 5.41) is 2.04. The molecule has 2 amide bonds. The van der Waals surface area contributed by atoms with Gasteiger partial charge >= 0.3 is 0 Å². The highest BCUT2D eigenvalue weighted by Gasteiger charge is 2.44. The van der Waals surface area contributed by atoms with E-state index in [0.29, 0.717) is 18.9 Å². The third-order valence-corrected chi connectivity index (χ3v) is 8.14. The van der Waals surface area contributed by atoms with Crippen molar-refractivity contribution in [1.29, 1.82) is 0 Å². The molecule has 0 saturated carbocycles. The molecule has 0 bridgehead atoms. The van der Waals surface area contributed by atoms with Crippen LogP contribution in [0, 0.1) is 12.8 Å². The van der Waals surface area contributed by atoms with Crippen LogP contribution in [0.1, 0.15) is 48.6 Å². The first kappa shape index (κ1) is 20.7. The first-order valence-electron chi connectivity index (χ1n) is 11.6. The van der Waals surface area contributed by atoms with Crippen LogP contribution in [-0.4, -0.2) is 53.8 Å². The van der Waals surface area contributed by atoms with Gasteiger partial charge in [0.15, 0.2) is 0 Å². The van der Waals surface area contributed by atoms with Crippen molar-refractivity contribution in [2.45, 2.75) is 51.1 Å². The molecule has 0 spiro atoms. The Morgan fingerprint density at radius 1 is 1.03 bits per heavy atom. The number of likely N-dealkylation sites (tertiary alicyclic amines) is 2. The molecule has 3 unspecified atom stereocenters. The minimum absolute atomic E-state index is 0.114. The van der Waals surface area contributed by atoms with Crippen LogP contribution in [0.4, 0.5) is 5.69 Å². The number of carbonyl (C=O) groups excluding carboxylic acids is 2. The van der Waals surface area contributed by atoms with Crippen molar-refractivity contribution in [2.24, 2.45) is 5.92 Å². The summed E-state index contributed by atoms with van der Waals surface area (Å²) in [6.07, 6.45) is 4.69. The molecule has 1 aromatic carbocycles. The number of hydrogen-bond donors (Lipinski definition) is 0. The number of hydrogen-bond acceptors (Lipinski definition) is 4. The Kier molecular flexibility index (Phi) is 5.85. The number of thiophene rings is 1. The van der Waals surface area contributed by atoms with E-state index < -0.39 is 0 Å². The van der Waals surface area contributed by atoms with Crippen LogP contribution in [0.15, 0.2) is 41.8 Å². The van der Waals surface area contributed by atoms with Gasteiger partial charge in [0.2, 0.25) is 11.8 Å². The number of rotatable bonds is 4. The lowest BCUT2D eigenvalue weighted by atomic mass is 9.86. The van der Waals surface area contributed by atoms with Crippen molar-refractivity contribution in [2.75, 3.05) is 31.1 Å². The van der Waals surface area contributed by atoms with E-state index in [-0.39, 0.29) is 23.8 Å². The van der Waals surface area contributed by atoms with Gasteiger partial charge < -0.3 is 9.80 Å². The van der Waals surface area contributed by atoms with Gasteiger partial charge in [0.05, 0.1) is 12.0 Å². The monoisotopic (exact) mass is 437 g/mol. The maximum absolute atomic E-state index is 13.8. The van der Waals surface area contributed by atoms with Crippen molar-refractivity contribution >= 4 is 28.8 Å². The van der Waals surface area contributed by atoms with Gasteiger partial charge in [-0.1, -0.05) is 23.8 Å². The Hall–Kier alpha value is -2.18. The molecule has 164 valence electrons. The average molecular weight is 438 g/mol. The van der Waals surface area contributed by atoms with E-state index in [9.17, 15) is 9.59 Å². The van der Waals surface area contributed by atoms with Crippen LogP contribution < -0.4 is 4.90 Å². The standard InChI is InChI=1S/C25H31N3O2S/c1-18-6-8-19(9-7-18)28-23(29)11-10-21(24(28)22-5-4-16-31-22)25(30)27-15-12-20(17-27)26-13-2-3-14-26/h4-9,16,20-21,24H,2-3,10-15,17H2,1H3. The zero-order valence-corrected chi connectivity index (χ0v) is 19.0. The summed E-state index contributed by atoms with van der Waals surface area (Å²) in [5.41, 5.74) is 2.06. The molecule has 3 aliphatic rings. The van der Waals surface area contributed by atoms with Crippen molar-refractivity contribution in [3.05, 3.63) is 52.2 Å². The number of piperidine rings is 1. The molecule has 3 fully saturated rings. The van der Waals surface area contributed by atoms with Gasteiger partial charge in [-0.05, 0) is 69.3 Å². The number of nitrogens with zero attached hydrogens (tertiary/aromatic N) is 3. The molecule has 5 rings (SSSR count). The molecule has 3 saturated heterocycles. The van der Waals surface area contributed by atoms with E-state index in [4.69, 9.17) is 0 Å². The minimum Gasteiger partial charge on any atom is -0.341 e. The summed E-state index contributed by atoms with van der Waals surface area (Å²) >= 11 is 1.64. The van der Waals surface area contributed by atoms with Crippen LogP contribution in [0.3, 0.4) is 0 Å².